The molecule has 0 unspecified atom stereocenters. The molecule has 3 aromatic rings. The van der Waals surface area contributed by atoms with Crippen molar-refractivity contribution in [3.05, 3.63) is 54.1 Å². The highest BCUT2D eigenvalue weighted by molar-refractivity contribution is 6.16. The highest BCUT2D eigenvalue weighted by atomic mass is 16.1. The lowest BCUT2D eigenvalue weighted by molar-refractivity contribution is 0.0956. The van der Waals surface area contributed by atoms with Gasteiger partial charge in [-0.1, -0.05) is 36.4 Å². The number of hydrogen-bond acceptors (Lipinski definition) is 3. The largest absolute Gasteiger partial charge is 0.352 e. The van der Waals surface area contributed by atoms with Gasteiger partial charge in [-0.15, -0.1) is 0 Å². The molecule has 3 N–H and O–H groups in total. The van der Waals surface area contributed by atoms with Crippen molar-refractivity contribution in [2.45, 2.75) is 6.42 Å². The number of carbonyl (C=O) groups is 1. The Labute approximate surface area is 123 Å². The van der Waals surface area contributed by atoms with Crippen LogP contribution in [0.15, 0.2) is 48.5 Å². The van der Waals surface area contributed by atoms with Crippen LogP contribution in [-0.4, -0.2) is 24.0 Å². The van der Waals surface area contributed by atoms with Gasteiger partial charge in [-0.2, -0.15) is 0 Å². The molecule has 1 amide bonds. The number of nitrogens with zero attached hydrogens (tertiary/aromatic N) is 1. The van der Waals surface area contributed by atoms with E-state index in [1.807, 2.05) is 48.5 Å². The Morgan fingerprint density at radius 3 is 2.14 bits per heavy atom. The van der Waals surface area contributed by atoms with E-state index in [9.17, 15) is 4.79 Å². The van der Waals surface area contributed by atoms with E-state index in [1.165, 1.54) is 0 Å². The van der Waals surface area contributed by atoms with Gasteiger partial charge in [-0.05, 0) is 25.1 Å². The monoisotopic (exact) mass is 279 g/mol. The molecule has 0 aliphatic rings. The van der Waals surface area contributed by atoms with Crippen molar-refractivity contribution in [2.75, 3.05) is 13.1 Å². The van der Waals surface area contributed by atoms with E-state index in [0.29, 0.717) is 18.7 Å². The molecule has 106 valence electrons. The molecule has 0 saturated heterocycles. The van der Waals surface area contributed by atoms with Crippen LogP contribution in [-0.2, 0) is 0 Å². The van der Waals surface area contributed by atoms with Crippen LogP contribution in [0.2, 0.25) is 0 Å². The summed E-state index contributed by atoms with van der Waals surface area (Å²) in [5.41, 5.74) is 7.83. The van der Waals surface area contributed by atoms with Crippen molar-refractivity contribution in [1.29, 1.82) is 0 Å². The molecular weight excluding hydrogens is 262 g/mol. The average molecular weight is 279 g/mol. The number of aromatic nitrogens is 1. The van der Waals surface area contributed by atoms with Gasteiger partial charge in [0.2, 0.25) is 0 Å². The summed E-state index contributed by atoms with van der Waals surface area (Å²) in [7, 11) is 0. The second kappa shape index (κ2) is 5.89. The summed E-state index contributed by atoms with van der Waals surface area (Å²) >= 11 is 0. The molecule has 0 saturated carbocycles. The lowest BCUT2D eigenvalue weighted by Crippen LogP contribution is -2.26. The van der Waals surface area contributed by atoms with Crippen LogP contribution < -0.4 is 11.1 Å². The van der Waals surface area contributed by atoms with Crippen molar-refractivity contribution in [3.8, 4) is 0 Å². The van der Waals surface area contributed by atoms with Gasteiger partial charge in [0.05, 0.1) is 16.6 Å². The Hall–Kier alpha value is -2.46. The molecule has 0 aliphatic carbocycles. The number of carbonyl (C=O) groups excluding carboxylic acids is 1. The summed E-state index contributed by atoms with van der Waals surface area (Å²) < 4.78 is 0. The van der Waals surface area contributed by atoms with E-state index in [-0.39, 0.29) is 5.91 Å². The van der Waals surface area contributed by atoms with Crippen LogP contribution in [0.5, 0.6) is 0 Å². The number of hydrogen-bond donors (Lipinski definition) is 2. The highest BCUT2D eigenvalue weighted by Gasteiger charge is 2.14. The Bertz CT molecular complexity index is 744. The fraction of sp³-hybridized carbons (Fsp3) is 0.176. The summed E-state index contributed by atoms with van der Waals surface area (Å²) in [6.45, 7) is 1.15. The van der Waals surface area contributed by atoms with Crippen molar-refractivity contribution < 1.29 is 4.79 Å². The van der Waals surface area contributed by atoms with Crippen LogP contribution in [0.25, 0.3) is 21.8 Å². The Morgan fingerprint density at radius 2 is 1.57 bits per heavy atom. The quantitative estimate of drug-likeness (QED) is 0.569. The van der Waals surface area contributed by atoms with E-state index in [1.54, 1.807) is 0 Å². The van der Waals surface area contributed by atoms with Gasteiger partial charge in [0.1, 0.15) is 0 Å². The lowest BCUT2D eigenvalue weighted by atomic mass is 10.0. The average Bonchev–Trinajstić information content (AvgIpc) is 2.52. The molecule has 0 spiro atoms. The minimum Gasteiger partial charge on any atom is -0.352 e. The van der Waals surface area contributed by atoms with Gasteiger partial charge in [-0.25, -0.2) is 4.98 Å². The number of nitrogens with two attached hydrogens (primary N) is 1. The molecule has 21 heavy (non-hydrogen) atoms. The molecule has 1 heterocycles. The summed E-state index contributed by atoms with van der Waals surface area (Å²) in [5.74, 6) is -0.0711. The highest BCUT2D eigenvalue weighted by Crippen LogP contribution is 2.25. The summed E-state index contributed by atoms with van der Waals surface area (Å²) in [6, 6.07) is 15.4. The first-order valence-corrected chi connectivity index (χ1v) is 7.07. The Balaban J connectivity index is 2.18. The lowest BCUT2D eigenvalue weighted by Gasteiger charge is -2.11. The molecule has 3 rings (SSSR count). The smallest absolute Gasteiger partial charge is 0.252 e. The minimum atomic E-state index is -0.0711. The maximum atomic E-state index is 12.6. The molecule has 4 heteroatoms. The van der Waals surface area contributed by atoms with Crippen molar-refractivity contribution in [2.24, 2.45) is 5.73 Å². The first kappa shape index (κ1) is 13.5. The van der Waals surface area contributed by atoms with Crippen LogP contribution in [0.3, 0.4) is 0 Å². The molecule has 0 aliphatic heterocycles. The zero-order valence-corrected chi connectivity index (χ0v) is 11.7. The second-order valence-corrected chi connectivity index (χ2v) is 4.92. The second-order valence-electron chi connectivity index (χ2n) is 4.92. The number of nitrogens with one attached hydrogen (secondary N) is 1. The van der Waals surface area contributed by atoms with E-state index >= 15 is 0 Å². The first-order valence-electron chi connectivity index (χ1n) is 7.07. The van der Waals surface area contributed by atoms with Crippen molar-refractivity contribution in [3.63, 3.8) is 0 Å². The fourth-order valence-electron chi connectivity index (χ4n) is 2.48. The van der Waals surface area contributed by atoms with Gasteiger partial charge in [0, 0.05) is 17.3 Å². The normalized spacial score (nSPS) is 10.9. The van der Waals surface area contributed by atoms with Crippen LogP contribution >= 0.6 is 0 Å². The van der Waals surface area contributed by atoms with E-state index in [2.05, 4.69) is 10.3 Å². The standard InChI is InChI=1S/C17H17N3O/c18-10-5-11-19-17(21)16-12-6-1-3-8-14(12)20-15-9-4-2-7-13(15)16/h1-4,6-9H,5,10-11,18H2,(H,19,21). The fourth-order valence-corrected chi connectivity index (χ4v) is 2.48. The van der Waals surface area contributed by atoms with Crippen molar-refractivity contribution in [1.82, 2.24) is 10.3 Å². The summed E-state index contributed by atoms with van der Waals surface area (Å²) in [5, 5.41) is 4.69. The van der Waals surface area contributed by atoms with Gasteiger partial charge >= 0.3 is 0 Å². The number of benzene rings is 2. The Morgan fingerprint density at radius 1 is 1.00 bits per heavy atom. The number of para-hydroxylation sites is 2. The van der Waals surface area contributed by atoms with Gasteiger partial charge < -0.3 is 11.1 Å². The third-order valence-electron chi connectivity index (χ3n) is 3.48. The number of pyridine rings is 1. The van der Waals surface area contributed by atoms with Crippen LogP contribution in [0, 0.1) is 0 Å². The van der Waals surface area contributed by atoms with Gasteiger partial charge in [0.25, 0.3) is 5.91 Å². The first-order chi connectivity index (χ1) is 10.3. The maximum absolute atomic E-state index is 12.6. The molecular formula is C17H17N3O. The number of fused-ring (bicyclic) bond motifs is 2. The molecule has 2 aromatic carbocycles. The SMILES string of the molecule is NCCCNC(=O)c1c2ccccc2nc2ccccc12. The molecule has 1 aromatic heterocycles. The van der Waals surface area contributed by atoms with Gasteiger partial charge in [0.15, 0.2) is 0 Å². The maximum Gasteiger partial charge on any atom is 0.252 e. The topological polar surface area (TPSA) is 68.0 Å². The van der Waals surface area contributed by atoms with Crippen molar-refractivity contribution >= 4 is 27.7 Å². The Kier molecular flexibility index (Phi) is 3.79. The van der Waals surface area contributed by atoms with Crippen LogP contribution in [0.4, 0.5) is 0 Å². The van der Waals surface area contributed by atoms with E-state index in [0.717, 1.165) is 28.2 Å². The molecule has 4 nitrogen and oxygen atoms in total. The third kappa shape index (κ3) is 2.58. The molecule has 0 fully saturated rings. The molecule has 0 radical (unpaired) electrons. The predicted molar refractivity (Wildman–Crippen MR) is 85.3 cm³/mol. The van der Waals surface area contributed by atoms with E-state index < -0.39 is 0 Å². The van der Waals surface area contributed by atoms with E-state index in [4.69, 9.17) is 5.73 Å². The molecule has 0 bridgehead atoms. The van der Waals surface area contributed by atoms with Crippen LogP contribution in [0.1, 0.15) is 16.8 Å². The minimum absolute atomic E-state index is 0.0711. The predicted octanol–water partition coefficient (Wildman–Crippen LogP) is 2.47. The van der Waals surface area contributed by atoms with Gasteiger partial charge in [-0.3, -0.25) is 4.79 Å². The summed E-state index contributed by atoms with van der Waals surface area (Å²) in [6.07, 6.45) is 0.771. The summed E-state index contributed by atoms with van der Waals surface area (Å²) in [4.78, 5) is 17.2. The number of rotatable bonds is 4. The third-order valence-corrected chi connectivity index (χ3v) is 3.48. The zero-order valence-electron chi connectivity index (χ0n) is 11.7. The zero-order chi connectivity index (χ0) is 14.7. The molecule has 0 atom stereocenters. The number of amides is 1.